The number of rotatable bonds is 79. The summed E-state index contributed by atoms with van der Waals surface area (Å²) in [4.78, 5) is 73.0. The lowest BCUT2D eigenvalue weighted by molar-refractivity contribution is -0.161. The maximum absolute atomic E-state index is 13.1. The average molecular weight is 1450 g/mol. The second-order valence-corrected chi connectivity index (χ2v) is 32.7. The Labute approximate surface area is 607 Å². The fourth-order valence-electron chi connectivity index (χ4n) is 12.4. The van der Waals surface area contributed by atoms with Crippen molar-refractivity contribution in [2.75, 3.05) is 39.6 Å². The summed E-state index contributed by atoms with van der Waals surface area (Å²) in [5, 5.41) is 10.6. The summed E-state index contributed by atoms with van der Waals surface area (Å²) in [6, 6.07) is 0. The Bertz CT molecular complexity index is 1910. The summed E-state index contributed by atoms with van der Waals surface area (Å²) in [6.45, 7) is 9.63. The number of hydrogen-bond donors (Lipinski definition) is 3. The fraction of sp³-hybridized carbons (Fsp3) is 0.950. The van der Waals surface area contributed by atoms with E-state index in [-0.39, 0.29) is 25.7 Å². The van der Waals surface area contributed by atoms with Crippen LogP contribution in [0, 0.1) is 11.8 Å². The summed E-state index contributed by atoms with van der Waals surface area (Å²) in [5.74, 6) is -0.579. The van der Waals surface area contributed by atoms with Gasteiger partial charge in [0.2, 0.25) is 0 Å². The van der Waals surface area contributed by atoms with E-state index in [0.717, 1.165) is 102 Å². The van der Waals surface area contributed by atoms with Crippen LogP contribution in [0.5, 0.6) is 0 Å². The van der Waals surface area contributed by atoms with Gasteiger partial charge in [-0.05, 0) is 37.5 Å². The van der Waals surface area contributed by atoms with Crippen molar-refractivity contribution in [3.63, 3.8) is 0 Å². The Morgan fingerprint density at radius 3 is 0.687 bits per heavy atom. The first-order valence-electron chi connectivity index (χ1n) is 41.5. The molecule has 0 aliphatic carbocycles. The van der Waals surface area contributed by atoms with E-state index in [0.29, 0.717) is 25.7 Å². The van der Waals surface area contributed by atoms with Gasteiger partial charge < -0.3 is 33.8 Å². The topological polar surface area (TPSA) is 237 Å². The molecule has 5 atom stereocenters. The van der Waals surface area contributed by atoms with Crippen molar-refractivity contribution in [1.82, 2.24) is 0 Å². The highest BCUT2D eigenvalue weighted by molar-refractivity contribution is 7.47. The standard InChI is InChI=1S/C80H156O17P2/c1-7-9-11-13-15-17-19-21-24-29-33-37-44-50-56-62-77(82)90-68-75(96-79(84)65-59-53-47-39-35-31-27-23-26-28-32-36-42-48-54-60-72(3)4)70-94-98(86,87)92-66-74(81)67-93-99(88,89)95-71-76(69-91-78(83)63-57-51-45-41-40-43-49-55-61-73(5)6)97-80(85)64-58-52-46-38-34-30-25-22-20-18-16-14-12-10-8-2/h72-76,81H,7-71H2,1-6H3,(H,86,87)(H,88,89)/t74-,75-,76-/m1/s1. The summed E-state index contributed by atoms with van der Waals surface area (Å²) < 4.78 is 68.7. The van der Waals surface area contributed by atoms with Crippen LogP contribution in [0.4, 0.5) is 0 Å². The molecule has 99 heavy (non-hydrogen) atoms. The number of aliphatic hydroxyl groups excluding tert-OH is 1. The molecule has 0 aromatic heterocycles. The number of esters is 4. The molecule has 0 saturated heterocycles. The highest BCUT2D eigenvalue weighted by atomic mass is 31.2. The van der Waals surface area contributed by atoms with Gasteiger partial charge in [-0.25, -0.2) is 9.13 Å². The smallest absolute Gasteiger partial charge is 0.462 e. The molecular weight excluding hydrogens is 1290 g/mol. The first-order chi connectivity index (χ1) is 47.9. The molecule has 19 heteroatoms. The Kier molecular flexibility index (Phi) is 70.3. The number of carbonyl (C=O) groups is 4. The number of phosphoric acid groups is 2. The molecule has 0 fully saturated rings. The normalized spacial score (nSPS) is 13.9. The van der Waals surface area contributed by atoms with Crippen molar-refractivity contribution in [2.45, 2.75) is 439 Å². The molecule has 0 bridgehead atoms. The van der Waals surface area contributed by atoms with Gasteiger partial charge in [0.1, 0.15) is 19.3 Å². The lowest BCUT2D eigenvalue weighted by atomic mass is 10.0. The first kappa shape index (κ1) is 97.1. The van der Waals surface area contributed by atoms with E-state index in [1.165, 1.54) is 238 Å². The van der Waals surface area contributed by atoms with Gasteiger partial charge in [0.05, 0.1) is 26.4 Å². The van der Waals surface area contributed by atoms with E-state index in [2.05, 4.69) is 41.5 Å². The number of phosphoric ester groups is 2. The monoisotopic (exact) mass is 1450 g/mol. The second-order valence-electron chi connectivity index (χ2n) is 29.8. The third-order valence-corrected chi connectivity index (χ3v) is 20.6. The van der Waals surface area contributed by atoms with Gasteiger partial charge in [-0.2, -0.15) is 0 Å². The Morgan fingerprint density at radius 2 is 0.465 bits per heavy atom. The van der Waals surface area contributed by atoms with Gasteiger partial charge in [0, 0.05) is 25.7 Å². The fourth-order valence-corrected chi connectivity index (χ4v) is 13.9. The van der Waals surface area contributed by atoms with E-state index < -0.39 is 97.5 Å². The highest BCUT2D eigenvalue weighted by Gasteiger charge is 2.30. The van der Waals surface area contributed by atoms with Gasteiger partial charge >= 0.3 is 39.5 Å². The maximum Gasteiger partial charge on any atom is 0.472 e. The summed E-state index contributed by atoms with van der Waals surface area (Å²) in [7, 11) is -9.92. The molecule has 0 amide bonds. The zero-order valence-electron chi connectivity index (χ0n) is 64.8. The van der Waals surface area contributed by atoms with Gasteiger partial charge in [-0.1, -0.05) is 369 Å². The van der Waals surface area contributed by atoms with Gasteiger partial charge in [-0.15, -0.1) is 0 Å². The van der Waals surface area contributed by atoms with Crippen molar-refractivity contribution < 1.29 is 80.2 Å². The molecule has 588 valence electrons. The third kappa shape index (κ3) is 74.1. The van der Waals surface area contributed by atoms with Crippen molar-refractivity contribution in [2.24, 2.45) is 11.8 Å². The number of hydrogen-bond acceptors (Lipinski definition) is 15. The zero-order chi connectivity index (χ0) is 72.8. The highest BCUT2D eigenvalue weighted by Crippen LogP contribution is 2.45. The summed E-state index contributed by atoms with van der Waals surface area (Å²) in [6.07, 6.45) is 61.0. The SMILES string of the molecule is CCCCCCCCCCCCCCCCCC(=O)OC[C@H](COP(=O)(O)OC[C@@H](O)COP(=O)(O)OC[C@@H](COC(=O)CCCCCCCCCCC(C)C)OC(=O)CCCCCCCCCCCCCCCCC)OC(=O)CCCCCCCCCCCCCCCCCC(C)C. The van der Waals surface area contributed by atoms with Crippen LogP contribution in [0.1, 0.15) is 420 Å². The Hall–Kier alpha value is -1.94. The van der Waals surface area contributed by atoms with Crippen molar-refractivity contribution >= 4 is 39.5 Å². The predicted octanol–water partition coefficient (Wildman–Crippen LogP) is 23.9. The lowest BCUT2D eigenvalue weighted by Gasteiger charge is -2.21. The second kappa shape index (κ2) is 71.7. The lowest BCUT2D eigenvalue weighted by Crippen LogP contribution is -2.30. The third-order valence-electron chi connectivity index (χ3n) is 18.7. The van der Waals surface area contributed by atoms with Crippen molar-refractivity contribution in [3.8, 4) is 0 Å². The van der Waals surface area contributed by atoms with E-state index in [9.17, 15) is 43.2 Å². The van der Waals surface area contributed by atoms with Crippen molar-refractivity contribution in [1.29, 1.82) is 0 Å². The van der Waals surface area contributed by atoms with Gasteiger partial charge in [0.15, 0.2) is 12.2 Å². The van der Waals surface area contributed by atoms with E-state index >= 15 is 0 Å². The Balaban J connectivity index is 5.25. The van der Waals surface area contributed by atoms with Crippen LogP contribution in [0.3, 0.4) is 0 Å². The zero-order valence-corrected chi connectivity index (χ0v) is 66.6. The molecule has 0 radical (unpaired) electrons. The minimum absolute atomic E-state index is 0.108. The Morgan fingerprint density at radius 1 is 0.273 bits per heavy atom. The quantitative estimate of drug-likeness (QED) is 0.0222. The number of unbranched alkanes of at least 4 members (excludes halogenated alkanes) is 49. The van der Waals surface area contributed by atoms with Crippen LogP contribution in [0.2, 0.25) is 0 Å². The van der Waals surface area contributed by atoms with Crippen LogP contribution in [0.25, 0.3) is 0 Å². The molecule has 0 rings (SSSR count). The molecule has 0 aliphatic rings. The van der Waals surface area contributed by atoms with E-state index in [4.69, 9.17) is 37.0 Å². The van der Waals surface area contributed by atoms with Gasteiger partial charge in [-0.3, -0.25) is 37.3 Å². The molecule has 0 aliphatic heterocycles. The van der Waals surface area contributed by atoms with Crippen LogP contribution in [-0.2, 0) is 65.4 Å². The maximum atomic E-state index is 13.1. The molecule has 0 aromatic rings. The van der Waals surface area contributed by atoms with Crippen LogP contribution in [0.15, 0.2) is 0 Å². The number of carbonyl (C=O) groups excluding carboxylic acids is 4. The minimum atomic E-state index is -4.96. The molecule has 0 spiro atoms. The van der Waals surface area contributed by atoms with Crippen molar-refractivity contribution in [3.05, 3.63) is 0 Å². The van der Waals surface area contributed by atoms with Crippen LogP contribution in [-0.4, -0.2) is 96.7 Å². The molecule has 2 unspecified atom stereocenters. The molecule has 0 aromatic carbocycles. The van der Waals surface area contributed by atoms with Crippen LogP contribution < -0.4 is 0 Å². The van der Waals surface area contributed by atoms with E-state index in [1.807, 2.05) is 0 Å². The molecule has 0 saturated carbocycles. The molecule has 17 nitrogen and oxygen atoms in total. The number of ether oxygens (including phenoxy) is 4. The molecule has 0 heterocycles. The first-order valence-corrected chi connectivity index (χ1v) is 44.5. The minimum Gasteiger partial charge on any atom is -0.462 e. The number of aliphatic hydroxyl groups is 1. The molecule has 3 N–H and O–H groups in total. The summed E-state index contributed by atoms with van der Waals surface area (Å²) in [5.41, 5.74) is 0. The summed E-state index contributed by atoms with van der Waals surface area (Å²) >= 11 is 0. The predicted molar refractivity (Wildman–Crippen MR) is 405 cm³/mol. The molecular formula is C80H156O17P2. The largest absolute Gasteiger partial charge is 0.472 e. The average Bonchev–Trinajstić information content (AvgIpc) is 0.984. The van der Waals surface area contributed by atoms with E-state index in [1.54, 1.807) is 0 Å². The van der Waals surface area contributed by atoms with Gasteiger partial charge in [0.25, 0.3) is 0 Å². The van der Waals surface area contributed by atoms with Crippen LogP contribution >= 0.6 is 15.6 Å².